The van der Waals surface area contributed by atoms with Crippen LogP contribution in [0.15, 0.2) is 66.9 Å². The molecule has 172 valence electrons. The SMILES string of the molecule is Nc1nccc2c(C3=CCN(C(=O)CO)CC3)nc(-c3ccc(Oc4ccccc4)cc3F)n12. The molecule has 2 aromatic heterocycles. The minimum absolute atomic E-state index is 0.184. The molecule has 5 rings (SSSR count). The Balaban J connectivity index is 1.54. The lowest BCUT2D eigenvalue weighted by Crippen LogP contribution is -2.36. The van der Waals surface area contributed by atoms with Crippen LogP contribution in [0.3, 0.4) is 0 Å². The molecular weight excluding hydrogens is 437 g/mol. The Hall–Kier alpha value is -4.24. The minimum Gasteiger partial charge on any atom is -0.457 e. The van der Waals surface area contributed by atoms with Gasteiger partial charge in [-0.1, -0.05) is 24.3 Å². The fourth-order valence-corrected chi connectivity index (χ4v) is 4.05. The van der Waals surface area contributed by atoms with Crippen LogP contribution in [0, 0.1) is 5.82 Å². The number of carbonyl (C=O) groups excluding carboxylic acids is 1. The van der Waals surface area contributed by atoms with Crippen LogP contribution in [-0.4, -0.2) is 50.0 Å². The Morgan fingerprint density at radius 2 is 1.97 bits per heavy atom. The quantitative estimate of drug-likeness (QED) is 0.473. The second kappa shape index (κ2) is 8.95. The number of imidazole rings is 1. The average molecular weight is 459 g/mol. The van der Waals surface area contributed by atoms with Gasteiger partial charge in [-0.2, -0.15) is 0 Å². The first-order chi connectivity index (χ1) is 16.5. The van der Waals surface area contributed by atoms with Gasteiger partial charge in [-0.3, -0.25) is 9.20 Å². The van der Waals surface area contributed by atoms with Gasteiger partial charge in [-0.25, -0.2) is 14.4 Å². The van der Waals surface area contributed by atoms with Gasteiger partial charge in [-0.05, 0) is 42.3 Å². The molecule has 1 amide bonds. The summed E-state index contributed by atoms with van der Waals surface area (Å²) in [5, 5.41) is 9.11. The number of ether oxygens (including phenoxy) is 1. The Bertz CT molecular complexity index is 1400. The zero-order valence-corrected chi connectivity index (χ0v) is 18.2. The predicted octanol–water partition coefficient (Wildman–Crippen LogP) is 3.52. The van der Waals surface area contributed by atoms with E-state index in [4.69, 9.17) is 20.6 Å². The zero-order chi connectivity index (χ0) is 23.7. The number of aromatic nitrogens is 3. The second-order valence-electron chi connectivity index (χ2n) is 7.84. The number of nitrogen functional groups attached to an aromatic ring is 1. The Kier molecular flexibility index (Phi) is 5.69. The third-order valence-corrected chi connectivity index (χ3v) is 5.74. The number of nitrogens with two attached hydrogens (primary N) is 1. The lowest BCUT2D eigenvalue weighted by atomic mass is 10.0. The van der Waals surface area contributed by atoms with Crippen LogP contribution in [0.1, 0.15) is 12.1 Å². The summed E-state index contributed by atoms with van der Waals surface area (Å²) in [5.74, 6) is 0.655. The molecule has 0 unspecified atom stereocenters. The standard InChI is InChI=1S/C25H22FN5O3/c26-20-14-18(34-17-4-2-1-3-5-17)6-7-19(20)24-29-23(21-8-11-28-25(27)31(21)24)16-9-12-30(13-10-16)22(33)15-32/h1-9,11,14,32H,10,12-13,15H2,(H2,27,28). The van der Waals surface area contributed by atoms with Crippen molar-refractivity contribution >= 4 is 22.9 Å². The van der Waals surface area contributed by atoms with E-state index in [1.165, 1.54) is 6.07 Å². The van der Waals surface area contributed by atoms with E-state index in [0.29, 0.717) is 48.0 Å². The van der Waals surface area contributed by atoms with Crippen molar-refractivity contribution in [1.29, 1.82) is 0 Å². The molecule has 3 heterocycles. The maximum atomic E-state index is 15.3. The molecule has 0 aliphatic carbocycles. The molecule has 3 N–H and O–H groups in total. The number of amides is 1. The van der Waals surface area contributed by atoms with Gasteiger partial charge in [0.25, 0.3) is 0 Å². The second-order valence-corrected chi connectivity index (χ2v) is 7.84. The summed E-state index contributed by atoms with van der Waals surface area (Å²) in [6, 6.07) is 15.5. The molecule has 9 heteroatoms. The Labute approximate surface area is 194 Å². The summed E-state index contributed by atoms with van der Waals surface area (Å²) >= 11 is 0. The number of benzene rings is 2. The normalized spacial score (nSPS) is 13.7. The van der Waals surface area contributed by atoms with Crippen molar-refractivity contribution in [3.05, 3.63) is 78.4 Å². The van der Waals surface area contributed by atoms with Gasteiger partial charge in [0.2, 0.25) is 11.9 Å². The average Bonchev–Trinajstić information content (AvgIpc) is 3.25. The van der Waals surface area contributed by atoms with Crippen molar-refractivity contribution in [1.82, 2.24) is 19.3 Å². The molecule has 0 saturated carbocycles. The number of halogens is 1. The maximum absolute atomic E-state index is 15.3. The lowest BCUT2D eigenvalue weighted by Gasteiger charge is -2.25. The number of carbonyl (C=O) groups is 1. The molecule has 1 aliphatic rings. The summed E-state index contributed by atoms with van der Waals surface area (Å²) in [6.45, 7) is 0.301. The van der Waals surface area contributed by atoms with Crippen molar-refractivity contribution in [2.45, 2.75) is 6.42 Å². The summed E-state index contributed by atoms with van der Waals surface area (Å²) in [7, 11) is 0. The first kappa shape index (κ1) is 21.6. The molecule has 0 atom stereocenters. The molecule has 34 heavy (non-hydrogen) atoms. The topological polar surface area (TPSA) is 106 Å². The maximum Gasteiger partial charge on any atom is 0.248 e. The fourth-order valence-electron chi connectivity index (χ4n) is 4.05. The summed E-state index contributed by atoms with van der Waals surface area (Å²) < 4.78 is 22.6. The first-order valence-corrected chi connectivity index (χ1v) is 10.8. The van der Waals surface area contributed by atoms with Crippen LogP contribution < -0.4 is 10.5 Å². The van der Waals surface area contributed by atoms with Crippen molar-refractivity contribution in [3.63, 3.8) is 0 Å². The van der Waals surface area contributed by atoms with Crippen LogP contribution in [-0.2, 0) is 4.79 Å². The van der Waals surface area contributed by atoms with Gasteiger partial charge in [0.15, 0.2) is 5.82 Å². The number of rotatable bonds is 5. The largest absolute Gasteiger partial charge is 0.457 e. The number of para-hydroxylation sites is 1. The molecule has 4 aromatic rings. The summed E-state index contributed by atoms with van der Waals surface area (Å²) in [4.78, 5) is 22.3. The highest BCUT2D eigenvalue weighted by Gasteiger charge is 2.23. The number of hydrogen-bond donors (Lipinski definition) is 2. The molecular formula is C25H22FN5O3. The van der Waals surface area contributed by atoms with Crippen LogP contribution in [0.25, 0.3) is 22.5 Å². The molecule has 8 nitrogen and oxygen atoms in total. The molecule has 1 aliphatic heterocycles. The van der Waals surface area contributed by atoms with Crippen LogP contribution in [0.4, 0.5) is 10.3 Å². The van der Waals surface area contributed by atoms with E-state index in [1.807, 2.05) is 24.3 Å². The van der Waals surface area contributed by atoms with Crippen LogP contribution in [0.2, 0.25) is 0 Å². The summed E-state index contributed by atoms with van der Waals surface area (Å²) in [5.41, 5.74) is 8.69. The van der Waals surface area contributed by atoms with Gasteiger partial charge in [-0.15, -0.1) is 0 Å². The van der Waals surface area contributed by atoms with E-state index in [-0.39, 0.29) is 17.4 Å². The van der Waals surface area contributed by atoms with Crippen molar-refractivity contribution in [2.75, 3.05) is 25.4 Å². The van der Waals surface area contributed by atoms with E-state index in [9.17, 15) is 4.79 Å². The molecule has 0 fully saturated rings. The molecule has 2 aromatic carbocycles. The van der Waals surface area contributed by atoms with Crippen LogP contribution >= 0.6 is 0 Å². The van der Waals surface area contributed by atoms with Gasteiger partial charge < -0.3 is 20.5 Å². The number of aliphatic hydroxyl groups excluding tert-OH is 1. The van der Waals surface area contributed by atoms with Gasteiger partial charge in [0, 0.05) is 25.4 Å². The molecule has 0 spiro atoms. The van der Waals surface area contributed by atoms with Gasteiger partial charge >= 0.3 is 0 Å². The molecule has 0 radical (unpaired) electrons. The van der Waals surface area contributed by atoms with Crippen molar-refractivity contribution < 1.29 is 19.0 Å². The summed E-state index contributed by atoms with van der Waals surface area (Å²) in [6.07, 6.45) is 4.02. The van der Waals surface area contributed by atoms with Crippen molar-refractivity contribution in [2.24, 2.45) is 0 Å². The van der Waals surface area contributed by atoms with Crippen LogP contribution in [0.5, 0.6) is 11.5 Å². The predicted molar refractivity (Wildman–Crippen MR) is 126 cm³/mol. The number of fused-ring (bicyclic) bond motifs is 1. The van der Waals surface area contributed by atoms with E-state index in [0.717, 1.165) is 5.57 Å². The fraction of sp³-hybridized carbons (Fsp3) is 0.160. The molecule has 0 bridgehead atoms. The number of anilines is 1. The van der Waals surface area contributed by atoms with E-state index in [1.54, 1.807) is 45.8 Å². The Morgan fingerprint density at radius 3 is 2.68 bits per heavy atom. The van der Waals surface area contributed by atoms with Crippen molar-refractivity contribution in [3.8, 4) is 22.9 Å². The van der Waals surface area contributed by atoms with E-state index < -0.39 is 12.4 Å². The third kappa shape index (κ3) is 3.97. The van der Waals surface area contributed by atoms with E-state index >= 15 is 4.39 Å². The first-order valence-electron chi connectivity index (χ1n) is 10.8. The van der Waals surface area contributed by atoms with E-state index in [2.05, 4.69) is 4.98 Å². The Morgan fingerprint density at radius 1 is 1.15 bits per heavy atom. The zero-order valence-electron chi connectivity index (χ0n) is 18.2. The van der Waals surface area contributed by atoms with Gasteiger partial charge in [0.1, 0.15) is 23.9 Å². The number of aliphatic hydroxyl groups is 1. The lowest BCUT2D eigenvalue weighted by molar-refractivity contribution is -0.133. The highest BCUT2D eigenvalue weighted by molar-refractivity contribution is 5.83. The highest BCUT2D eigenvalue weighted by atomic mass is 19.1. The smallest absolute Gasteiger partial charge is 0.248 e. The monoisotopic (exact) mass is 459 g/mol. The minimum atomic E-state index is -0.522. The molecule has 0 saturated heterocycles. The third-order valence-electron chi connectivity index (χ3n) is 5.74. The van der Waals surface area contributed by atoms with Gasteiger partial charge in [0.05, 0.1) is 16.8 Å². The number of nitrogens with zero attached hydrogens (tertiary/aromatic N) is 4. The number of hydrogen-bond acceptors (Lipinski definition) is 6. The highest BCUT2D eigenvalue weighted by Crippen LogP contribution is 2.34.